The van der Waals surface area contributed by atoms with Gasteiger partial charge in [0.15, 0.2) is 0 Å². The lowest BCUT2D eigenvalue weighted by Crippen LogP contribution is -2.36. The molecule has 1 heterocycles. The topological polar surface area (TPSA) is 68.0 Å². The minimum Gasteiger partial charge on any atom is -0.347 e. The number of amides is 1. The van der Waals surface area contributed by atoms with Crippen molar-refractivity contribution >= 4 is 42.1 Å². The maximum Gasteiger partial charge on any atom is 0.223 e. The molecule has 0 radical (unpaired) electrons. The molecule has 7 heteroatoms. The fourth-order valence-corrected chi connectivity index (χ4v) is 3.40. The van der Waals surface area contributed by atoms with Crippen LogP contribution < -0.4 is 11.1 Å². The standard InChI is InChI=1S/C13H21N3OS.2ClH/c1-8-7-15-13(18-8)9(2)16-12(17)11-5-3-4-10(11)6-14;;/h7,9-11H,3-6,14H2,1-2H3,(H,16,17);2*1H/t9?,10-,11-;;/m1../s1. The molecule has 1 aromatic rings. The molecule has 116 valence electrons. The average molecular weight is 340 g/mol. The minimum absolute atomic E-state index is 0. The van der Waals surface area contributed by atoms with E-state index in [1.54, 1.807) is 11.3 Å². The Bertz CT molecular complexity index is 428. The third-order valence-electron chi connectivity index (χ3n) is 3.67. The van der Waals surface area contributed by atoms with Gasteiger partial charge in [0.25, 0.3) is 0 Å². The molecule has 0 spiro atoms. The summed E-state index contributed by atoms with van der Waals surface area (Å²) in [4.78, 5) is 17.7. The molecule has 1 aromatic heterocycles. The zero-order valence-electron chi connectivity index (χ0n) is 11.8. The van der Waals surface area contributed by atoms with Gasteiger partial charge in [-0.05, 0) is 39.2 Å². The van der Waals surface area contributed by atoms with Crippen molar-refractivity contribution in [3.63, 3.8) is 0 Å². The van der Waals surface area contributed by atoms with Crippen LogP contribution >= 0.6 is 36.2 Å². The zero-order chi connectivity index (χ0) is 13.1. The number of nitrogens with zero attached hydrogens (tertiary/aromatic N) is 1. The summed E-state index contributed by atoms with van der Waals surface area (Å²) < 4.78 is 0. The summed E-state index contributed by atoms with van der Waals surface area (Å²) in [6.45, 7) is 4.63. The summed E-state index contributed by atoms with van der Waals surface area (Å²) in [6, 6.07) is -0.00442. The molecule has 0 aliphatic heterocycles. The molecule has 2 rings (SSSR count). The first-order valence-corrected chi connectivity index (χ1v) is 7.36. The second-order valence-corrected chi connectivity index (χ2v) is 6.34. The van der Waals surface area contributed by atoms with E-state index in [1.807, 2.05) is 20.0 Å². The van der Waals surface area contributed by atoms with Gasteiger partial charge >= 0.3 is 0 Å². The van der Waals surface area contributed by atoms with E-state index < -0.39 is 0 Å². The van der Waals surface area contributed by atoms with Crippen LogP contribution in [0.4, 0.5) is 0 Å². The third kappa shape index (κ3) is 4.58. The molecule has 3 atom stereocenters. The van der Waals surface area contributed by atoms with Gasteiger partial charge in [-0.25, -0.2) is 4.98 Å². The molecule has 1 amide bonds. The summed E-state index contributed by atoms with van der Waals surface area (Å²) in [7, 11) is 0. The predicted molar refractivity (Wildman–Crippen MR) is 87.8 cm³/mol. The molecule has 3 N–H and O–H groups in total. The second kappa shape index (κ2) is 8.82. The van der Waals surface area contributed by atoms with Gasteiger partial charge in [-0.1, -0.05) is 6.42 Å². The Morgan fingerprint density at radius 1 is 1.55 bits per heavy atom. The van der Waals surface area contributed by atoms with Gasteiger partial charge in [0.05, 0.1) is 6.04 Å². The van der Waals surface area contributed by atoms with Crippen molar-refractivity contribution in [1.29, 1.82) is 0 Å². The third-order valence-corrected chi connectivity index (χ3v) is 4.76. The first-order valence-electron chi connectivity index (χ1n) is 6.54. The number of carbonyl (C=O) groups is 1. The number of hydrogen-bond acceptors (Lipinski definition) is 4. The maximum absolute atomic E-state index is 12.2. The molecule has 1 aliphatic carbocycles. The molecule has 0 aromatic carbocycles. The van der Waals surface area contributed by atoms with Gasteiger partial charge in [-0.2, -0.15) is 0 Å². The molecular weight excluding hydrogens is 317 g/mol. The Hall–Kier alpha value is -0.360. The summed E-state index contributed by atoms with van der Waals surface area (Å²) in [5, 5.41) is 4.04. The molecule has 0 saturated heterocycles. The highest BCUT2D eigenvalue weighted by Crippen LogP contribution is 2.31. The number of nitrogens with two attached hydrogens (primary N) is 1. The van der Waals surface area contributed by atoms with Crippen molar-refractivity contribution in [3.8, 4) is 0 Å². The Morgan fingerprint density at radius 3 is 2.80 bits per heavy atom. The SMILES string of the molecule is Cc1cnc(C(C)NC(=O)[C@@H]2CCC[C@@H]2CN)s1.Cl.Cl. The van der Waals surface area contributed by atoms with Crippen molar-refractivity contribution in [3.05, 3.63) is 16.1 Å². The Balaban J connectivity index is 0.00000180. The molecule has 1 fully saturated rings. The molecule has 4 nitrogen and oxygen atoms in total. The van der Waals surface area contributed by atoms with Crippen LogP contribution in [0.5, 0.6) is 0 Å². The van der Waals surface area contributed by atoms with Crippen molar-refractivity contribution in [2.24, 2.45) is 17.6 Å². The summed E-state index contributed by atoms with van der Waals surface area (Å²) in [5.41, 5.74) is 5.72. The van der Waals surface area contributed by atoms with E-state index >= 15 is 0 Å². The highest BCUT2D eigenvalue weighted by molar-refractivity contribution is 7.11. The van der Waals surface area contributed by atoms with E-state index in [2.05, 4.69) is 10.3 Å². The van der Waals surface area contributed by atoms with Crippen LogP contribution in [0.3, 0.4) is 0 Å². The van der Waals surface area contributed by atoms with Gasteiger partial charge < -0.3 is 11.1 Å². The Morgan fingerprint density at radius 2 is 2.25 bits per heavy atom. The van der Waals surface area contributed by atoms with Crippen LogP contribution in [0.15, 0.2) is 6.20 Å². The van der Waals surface area contributed by atoms with Crippen molar-refractivity contribution in [1.82, 2.24) is 10.3 Å². The lowest BCUT2D eigenvalue weighted by Gasteiger charge is -2.19. The highest BCUT2D eigenvalue weighted by Gasteiger charge is 2.32. The number of nitrogens with one attached hydrogen (secondary N) is 1. The zero-order valence-corrected chi connectivity index (χ0v) is 14.2. The van der Waals surface area contributed by atoms with E-state index in [0.717, 1.165) is 24.3 Å². The summed E-state index contributed by atoms with van der Waals surface area (Å²) in [6.07, 6.45) is 5.02. The highest BCUT2D eigenvalue weighted by atomic mass is 35.5. The van der Waals surface area contributed by atoms with Crippen LogP contribution in [0.1, 0.15) is 42.1 Å². The smallest absolute Gasteiger partial charge is 0.223 e. The summed E-state index contributed by atoms with van der Waals surface area (Å²) >= 11 is 1.64. The lowest BCUT2D eigenvalue weighted by molar-refractivity contribution is -0.126. The van der Waals surface area contributed by atoms with Crippen LogP contribution in [0.2, 0.25) is 0 Å². The van der Waals surface area contributed by atoms with E-state index in [1.165, 1.54) is 4.88 Å². The Kier molecular flexibility index (Phi) is 8.66. The van der Waals surface area contributed by atoms with Crippen molar-refractivity contribution in [2.75, 3.05) is 6.54 Å². The monoisotopic (exact) mass is 339 g/mol. The van der Waals surface area contributed by atoms with Crippen molar-refractivity contribution in [2.45, 2.75) is 39.2 Å². The molecule has 20 heavy (non-hydrogen) atoms. The number of carbonyl (C=O) groups excluding carboxylic acids is 1. The van der Waals surface area contributed by atoms with Crippen LogP contribution in [-0.4, -0.2) is 17.4 Å². The number of rotatable bonds is 4. The van der Waals surface area contributed by atoms with Gasteiger partial charge in [0, 0.05) is 17.0 Å². The minimum atomic E-state index is -0.00442. The summed E-state index contributed by atoms with van der Waals surface area (Å²) in [5.74, 6) is 0.594. The first kappa shape index (κ1) is 19.6. The molecule has 1 saturated carbocycles. The van der Waals surface area contributed by atoms with E-state index in [4.69, 9.17) is 5.73 Å². The van der Waals surface area contributed by atoms with Crippen LogP contribution in [-0.2, 0) is 4.79 Å². The largest absolute Gasteiger partial charge is 0.347 e. The van der Waals surface area contributed by atoms with Gasteiger partial charge in [-0.15, -0.1) is 36.2 Å². The van der Waals surface area contributed by atoms with Gasteiger partial charge in [0.1, 0.15) is 5.01 Å². The molecular formula is C13H23Cl2N3OS. The fraction of sp³-hybridized carbons (Fsp3) is 0.692. The van der Waals surface area contributed by atoms with E-state index in [9.17, 15) is 4.79 Å². The quantitative estimate of drug-likeness (QED) is 0.886. The number of aryl methyl sites for hydroxylation is 1. The fourth-order valence-electron chi connectivity index (χ4n) is 2.62. The van der Waals surface area contributed by atoms with Crippen molar-refractivity contribution < 1.29 is 4.79 Å². The van der Waals surface area contributed by atoms with E-state index in [0.29, 0.717) is 12.5 Å². The predicted octanol–water partition coefficient (Wildman–Crippen LogP) is 2.85. The maximum atomic E-state index is 12.2. The average Bonchev–Trinajstić information content (AvgIpc) is 2.96. The van der Waals surface area contributed by atoms with Gasteiger partial charge in [-0.3, -0.25) is 4.79 Å². The van der Waals surface area contributed by atoms with Crippen LogP contribution in [0, 0.1) is 18.8 Å². The lowest BCUT2D eigenvalue weighted by atomic mass is 9.95. The molecule has 1 aliphatic rings. The van der Waals surface area contributed by atoms with Gasteiger partial charge in [0.2, 0.25) is 5.91 Å². The van der Waals surface area contributed by atoms with Crippen LogP contribution in [0.25, 0.3) is 0 Å². The Labute approximate surface area is 136 Å². The number of thiazole rings is 1. The second-order valence-electron chi connectivity index (χ2n) is 5.07. The normalized spacial score (nSPS) is 22.6. The number of hydrogen-bond donors (Lipinski definition) is 2. The molecule has 1 unspecified atom stereocenters. The number of aromatic nitrogens is 1. The molecule has 0 bridgehead atoms. The first-order chi connectivity index (χ1) is 8.61. The number of halogens is 2. The van der Waals surface area contributed by atoms with E-state index in [-0.39, 0.29) is 42.7 Å².